The highest BCUT2D eigenvalue weighted by molar-refractivity contribution is 6.32. The lowest BCUT2D eigenvalue weighted by Crippen LogP contribution is -2.42. The number of carbonyl (C=O) groups is 4. The van der Waals surface area contributed by atoms with Crippen LogP contribution in [0.2, 0.25) is 20.1 Å². The topological polar surface area (TPSA) is 327 Å². The number of benzene rings is 9. The number of rotatable bonds is 37. The van der Waals surface area contributed by atoms with Gasteiger partial charge in [-0.3, -0.25) is 29.7 Å². The van der Waals surface area contributed by atoms with Crippen molar-refractivity contribution in [3.63, 3.8) is 0 Å². The van der Waals surface area contributed by atoms with Gasteiger partial charge in [-0.05, 0) is 309 Å². The van der Waals surface area contributed by atoms with Crippen molar-refractivity contribution in [1.29, 1.82) is 0 Å². The highest BCUT2D eigenvalue weighted by atomic mass is 35.5. The molecule has 0 spiro atoms. The molecule has 18 rings (SSSR count). The quantitative estimate of drug-likeness (QED) is 0.00823. The normalized spacial score (nSPS) is 15.9. The molecule has 0 aliphatic carbocycles. The Kier molecular flexibility index (Phi) is 38.1. The molecule has 0 bridgehead atoms. The van der Waals surface area contributed by atoms with Gasteiger partial charge in [0.15, 0.2) is 0 Å². The third-order valence-electron chi connectivity index (χ3n) is 26.1. The average Bonchev–Trinajstić information content (AvgIpc) is 1.61. The highest BCUT2D eigenvalue weighted by Crippen LogP contribution is 2.46. The van der Waals surface area contributed by atoms with Crippen LogP contribution in [-0.2, 0) is 49.4 Å². The van der Waals surface area contributed by atoms with E-state index in [0.29, 0.717) is 130 Å². The van der Waals surface area contributed by atoms with Gasteiger partial charge in [-0.1, -0.05) is 109 Å². The first-order valence-corrected chi connectivity index (χ1v) is 51.2. The number of unbranched alkanes of at least 4 members (excludes halogenated alkanes) is 3. The summed E-state index contributed by atoms with van der Waals surface area (Å²) >= 11 is 25.1. The molecule has 5 aliphatic rings. The summed E-state index contributed by atoms with van der Waals surface area (Å²) in [6, 6.07) is 59.7. The fourth-order valence-electron chi connectivity index (χ4n) is 19.3. The summed E-state index contributed by atoms with van der Waals surface area (Å²) in [5, 5.41) is 33.5. The lowest BCUT2D eigenvalue weighted by Gasteiger charge is -2.35. The molecule has 1 fully saturated rings. The number of nitro groups is 1. The molecule has 9 aromatic carbocycles. The number of aliphatic hydroxyl groups excluding tert-OH is 1. The van der Waals surface area contributed by atoms with Crippen LogP contribution in [0.1, 0.15) is 177 Å². The zero-order chi connectivity index (χ0) is 100. The Balaban J connectivity index is 0.000000144. The standard InChI is InChI=1S/C29H28ClN3O7.C28H34ClN3O3.C27H34ClN3O3.C26H32ClN3O4/c1-37-14-15-38-16-17-39-22-7-2-19(3-8-22)28-27-24(25-18-20(30)4-11-26(25)31-27)12-13-32(28)29(34)40-23-9-5-21(6-10-23)33(35)36;1-2-34-28(33)32-17-13-23-24-19-21(29)9-12-25(24)30-26(23)27(32)20-7-10-22(11-8-20)35-18-6-5-16-31-14-3-4-15-31;1-4-33-27(32)31-15-13-22-23-17-20(28)9-12-24(23)30-25(22)26(31)19-7-10-21(11-8-19)34-16-6-5-14-29-18(2)3;1-2-33-26(32)30-14-11-21-22-17-19(27)7-10-23(22)29-24(21)25(30)18-5-8-20(9-6-18)34-16-4-3-12-28-13-15-31/h2-11,18,28,31H,12-17H2,1H3;7-12,19,27,30H,2-6,13-18H2,1H3;7-12,17-18,26,29-30H,4-6,13-16H2,1-3H3;5-10,17,25,28-29,31H,2-4,11-16H2,1H3. The van der Waals surface area contributed by atoms with E-state index >= 15 is 0 Å². The van der Waals surface area contributed by atoms with Gasteiger partial charge in [0.05, 0.1) is 71.0 Å². The number of halogens is 4. The Morgan fingerprint density at radius 2 is 0.734 bits per heavy atom. The molecule has 4 unspecified atom stereocenters. The van der Waals surface area contributed by atoms with Gasteiger partial charge in [-0.15, -0.1) is 0 Å². The van der Waals surface area contributed by atoms with Crippen molar-refractivity contribution in [3.8, 4) is 28.7 Å². The highest BCUT2D eigenvalue weighted by Gasteiger charge is 2.41. The van der Waals surface area contributed by atoms with E-state index in [4.69, 9.17) is 98.9 Å². The first kappa shape index (κ1) is 105. The molecule has 4 atom stereocenters. The van der Waals surface area contributed by atoms with Crippen molar-refractivity contribution >= 4 is 120 Å². The SMILES string of the molecule is CCOC(=O)N1CCc2c([nH]c3ccc(Cl)cc23)C1c1ccc(OCCCCN2CCCC2)cc1.CCOC(=O)N1CCc2c([nH]c3ccc(Cl)cc23)C1c1ccc(OCCCCNC(C)C)cc1.CCOC(=O)N1CCc2c([nH]c3ccc(Cl)cc23)C1c1ccc(OCCCCNCCO)cc1.COCCOCCOc1ccc(C2c3[nH]c4ccc(Cl)cc4c3CCN2C(=O)Oc2ccc([N+](=O)[O-])cc2)cc1. The first-order valence-electron chi connectivity index (χ1n) is 49.7. The van der Waals surface area contributed by atoms with Crippen LogP contribution in [0.25, 0.3) is 43.6 Å². The summed E-state index contributed by atoms with van der Waals surface area (Å²) < 4.78 is 55.9. The number of nitro benzene ring substituents is 1. The second-order valence-electron chi connectivity index (χ2n) is 36.0. The van der Waals surface area contributed by atoms with Crippen LogP contribution in [-0.4, -0.2) is 230 Å². The summed E-state index contributed by atoms with van der Waals surface area (Å²) in [6.07, 6.45) is 10.3. The van der Waals surface area contributed by atoms with Crippen molar-refractivity contribution in [2.24, 2.45) is 0 Å². The zero-order valence-corrected chi connectivity index (χ0v) is 84.9. The number of ether oxygens (including phenoxy) is 10. The van der Waals surface area contributed by atoms with Gasteiger partial charge in [0.25, 0.3) is 5.69 Å². The number of fused-ring (bicyclic) bond motifs is 12. The number of amides is 4. The first-order chi connectivity index (χ1) is 69.7. The Morgan fingerprint density at radius 3 is 1.07 bits per heavy atom. The second-order valence-corrected chi connectivity index (χ2v) is 37.7. The molecule has 758 valence electrons. The largest absolute Gasteiger partial charge is 0.494 e. The van der Waals surface area contributed by atoms with Crippen LogP contribution in [0.4, 0.5) is 24.9 Å². The molecule has 29 nitrogen and oxygen atoms in total. The van der Waals surface area contributed by atoms with E-state index in [-0.39, 0.29) is 54.4 Å². The second kappa shape index (κ2) is 51.8. The number of aromatic amines is 4. The van der Waals surface area contributed by atoms with Gasteiger partial charge in [-0.2, -0.15) is 0 Å². The van der Waals surface area contributed by atoms with Crippen molar-refractivity contribution in [3.05, 3.63) is 292 Å². The molecular weight excluding hydrogens is 1900 g/mol. The number of likely N-dealkylation sites (tertiary alicyclic amines) is 1. The number of nitrogens with zero attached hydrogens (tertiary/aromatic N) is 6. The average molecular weight is 2030 g/mol. The van der Waals surface area contributed by atoms with Gasteiger partial charge in [-0.25, -0.2) is 19.2 Å². The van der Waals surface area contributed by atoms with Crippen LogP contribution in [0.5, 0.6) is 28.7 Å². The maximum absolute atomic E-state index is 13.5. The van der Waals surface area contributed by atoms with Crippen molar-refractivity contribution in [2.45, 2.75) is 142 Å². The third-order valence-corrected chi connectivity index (χ3v) is 27.0. The molecule has 1 saturated heterocycles. The predicted octanol–water partition coefficient (Wildman–Crippen LogP) is 22.8. The third kappa shape index (κ3) is 27.1. The van der Waals surface area contributed by atoms with Crippen LogP contribution >= 0.6 is 46.4 Å². The molecule has 5 aliphatic heterocycles. The number of methoxy groups -OCH3 is 1. The fourth-order valence-corrected chi connectivity index (χ4v) is 20.0. The van der Waals surface area contributed by atoms with Crippen LogP contribution < -0.4 is 34.3 Å². The zero-order valence-electron chi connectivity index (χ0n) is 81.9. The number of nitrogens with one attached hydrogen (secondary N) is 6. The Bertz CT molecular complexity index is 6370. The van der Waals surface area contributed by atoms with Crippen molar-refractivity contribution < 1.29 is 76.6 Å². The van der Waals surface area contributed by atoms with E-state index in [9.17, 15) is 29.3 Å². The number of carbonyl (C=O) groups excluding carboxylic acids is 4. The van der Waals surface area contributed by atoms with Crippen LogP contribution in [0.3, 0.4) is 0 Å². The van der Waals surface area contributed by atoms with Gasteiger partial charge in [0, 0.05) is 144 Å². The number of hydrogen-bond acceptors (Lipinski definition) is 20. The summed E-state index contributed by atoms with van der Waals surface area (Å²) in [6.45, 7) is 23.2. The Labute approximate surface area is 853 Å². The van der Waals surface area contributed by atoms with Gasteiger partial charge >= 0.3 is 24.4 Å². The monoisotopic (exact) mass is 2030 g/mol. The summed E-state index contributed by atoms with van der Waals surface area (Å²) in [4.78, 5) is 86.2. The Morgan fingerprint density at radius 1 is 0.406 bits per heavy atom. The van der Waals surface area contributed by atoms with E-state index < -0.39 is 17.1 Å². The maximum atomic E-state index is 13.5. The van der Waals surface area contributed by atoms with E-state index in [1.54, 1.807) is 21.8 Å². The van der Waals surface area contributed by atoms with Gasteiger partial charge < -0.3 is 87.9 Å². The molecule has 9 heterocycles. The van der Waals surface area contributed by atoms with Gasteiger partial charge in [0.2, 0.25) is 0 Å². The number of non-ortho nitro benzene ring substituents is 1. The molecule has 4 aromatic heterocycles. The summed E-state index contributed by atoms with van der Waals surface area (Å²) in [7, 11) is 1.62. The molecule has 13 aromatic rings. The van der Waals surface area contributed by atoms with E-state index in [1.165, 1.54) is 79.9 Å². The fraction of sp³-hybridized carbons (Fsp3) is 0.400. The molecule has 0 saturated carbocycles. The molecule has 4 amide bonds. The van der Waals surface area contributed by atoms with Crippen molar-refractivity contribution in [1.82, 2.24) is 55.1 Å². The summed E-state index contributed by atoms with van der Waals surface area (Å²) in [5.41, 5.74) is 16.4. The number of hydrogen-bond donors (Lipinski definition) is 7. The molecule has 33 heteroatoms. The van der Waals surface area contributed by atoms with Gasteiger partial charge in [0.1, 0.15) is 59.5 Å². The van der Waals surface area contributed by atoms with Crippen molar-refractivity contribution in [2.75, 3.05) is 145 Å². The number of aromatic nitrogens is 4. The van der Waals surface area contributed by atoms with E-state index in [2.05, 4.69) is 61.4 Å². The van der Waals surface area contributed by atoms with Crippen LogP contribution in [0.15, 0.2) is 194 Å². The smallest absolute Gasteiger partial charge is 0.416 e. The van der Waals surface area contributed by atoms with E-state index in [0.717, 1.165) is 183 Å². The lowest BCUT2D eigenvalue weighted by atomic mass is 9.92. The maximum Gasteiger partial charge on any atom is 0.416 e. The van der Waals surface area contributed by atoms with E-state index in [1.807, 2.05) is 183 Å². The molecular formula is C110H128Cl4N12O17. The minimum atomic E-state index is -0.560. The molecule has 143 heavy (non-hydrogen) atoms. The lowest BCUT2D eigenvalue weighted by molar-refractivity contribution is -0.384. The predicted molar refractivity (Wildman–Crippen MR) is 559 cm³/mol. The minimum Gasteiger partial charge on any atom is -0.494 e. The number of H-pyrrole nitrogens is 4. The molecule has 7 N–H and O–H groups in total. The molecule has 0 radical (unpaired) electrons. The Hall–Kier alpha value is -12.3. The summed E-state index contributed by atoms with van der Waals surface area (Å²) in [5.74, 6) is 3.40. The number of aliphatic hydroxyl groups is 1. The van der Waals surface area contributed by atoms with Crippen LogP contribution in [0, 0.1) is 10.1 Å². The minimum absolute atomic E-state index is 0.0825.